The number of thiophene rings is 1. The second kappa shape index (κ2) is 9.36. The molecule has 1 aromatic heterocycles. The fourth-order valence-corrected chi connectivity index (χ4v) is 8.36. The summed E-state index contributed by atoms with van der Waals surface area (Å²) in [6.45, 7) is 7.39. The lowest BCUT2D eigenvalue weighted by Gasteiger charge is -2.49. The summed E-state index contributed by atoms with van der Waals surface area (Å²) in [7, 11) is -3.60. The number of rotatable bonds is 6. The highest BCUT2D eigenvalue weighted by Crippen LogP contribution is 2.46. The number of hydrogen-bond acceptors (Lipinski definition) is 6. The highest BCUT2D eigenvalue weighted by Gasteiger charge is 2.45. The molecule has 2 aliphatic heterocycles. The Morgan fingerprint density at radius 3 is 2.88 bits per heavy atom. The van der Waals surface area contributed by atoms with E-state index < -0.39 is 10.0 Å². The van der Waals surface area contributed by atoms with Gasteiger partial charge in [-0.15, -0.1) is 11.3 Å². The van der Waals surface area contributed by atoms with Crippen LogP contribution in [0.1, 0.15) is 60.4 Å². The van der Waals surface area contributed by atoms with Crippen molar-refractivity contribution in [1.82, 2.24) is 9.62 Å². The predicted molar refractivity (Wildman–Crippen MR) is 133 cm³/mol. The van der Waals surface area contributed by atoms with Crippen LogP contribution in [0.25, 0.3) is 0 Å². The van der Waals surface area contributed by atoms with Crippen molar-refractivity contribution in [2.75, 3.05) is 19.7 Å². The van der Waals surface area contributed by atoms with Crippen molar-refractivity contribution in [2.24, 2.45) is 5.92 Å². The number of aryl methyl sites for hydroxylation is 1. The van der Waals surface area contributed by atoms with Gasteiger partial charge in [0.15, 0.2) is 0 Å². The lowest BCUT2D eigenvalue weighted by molar-refractivity contribution is -0.114. The van der Waals surface area contributed by atoms with Gasteiger partial charge >= 0.3 is 0 Å². The molecule has 0 bridgehead atoms. The summed E-state index contributed by atoms with van der Waals surface area (Å²) >= 11 is 1.97. The van der Waals surface area contributed by atoms with Crippen molar-refractivity contribution in [3.05, 3.63) is 51.2 Å². The fraction of sp³-hybridized carbons (Fsp3) is 0.577. The van der Waals surface area contributed by atoms with Crippen molar-refractivity contribution in [3.63, 3.8) is 0 Å². The number of hydrogen-bond donors (Lipinski definition) is 1. The first-order chi connectivity index (χ1) is 16.3. The molecule has 1 aliphatic carbocycles. The monoisotopic (exact) mass is 499 g/mol. The fourth-order valence-electron chi connectivity index (χ4n) is 5.88. The standard InChI is InChI=1S/C26H33N3O3S2/c1-3-22-14-24-25(33-22)7-10-32-26(24)8-9-29(18(2)15-26)17-20-11-21(12-20)28-34(30,31)23-6-4-5-19(13-23)16-27/h4-6,13-14,18,20-21,28H,3,7-12,15,17H2,1-2H3/t18-,20?,21?,26+/m0/s1. The van der Waals surface area contributed by atoms with Gasteiger partial charge in [0, 0.05) is 41.3 Å². The zero-order valence-electron chi connectivity index (χ0n) is 19.9. The minimum Gasteiger partial charge on any atom is -0.370 e. The van der Waals surface area contributed by atoms with E-state index in [0.717, 1.165) is 58.2 Å². The van der Waals surface area contributed by atoms with Crippen molar-refractivity contribution in [2.45, 2.75) is 75.0 Å². The maximum absolute atomic E-state index is 12.7. The van der Waals surface area contributed by atoms with Crippen molar-refractivity contribution < 1.29 is 13.2 Å². The van der Waals surface area contributed by atoms with Gasteiger partial charge in [-0.05, 0) is 74.8 Å². The second-order valence-corrected chi connectivity index (χ2v) is 13.0. The van der Waals surface area contributed by atoms with Gasteiger partial charge in [0.25, 0.3) is 0 Å². The molecule has 1 saturated carbocycles. The topological polar surface area (TPSA) is 82.4 Å². The molecule has 8 heteroatoms. The molecule has 34 heavy (non-hydrogen) atoms. The van der Waals surface area contributed by atoms with Gasteiger partial charge in [-0.3, -0.25) is 0 Å². The van der Waals surface area contributed by atoms with E-state index in [4.69, 9.17) is 10.00 Å². The third kappa shape index (κ3) is 4.57. The molecule has 1 spiro atoms. The Hall–Kier alpha value is -1.76. The minimum atomic E-state index is -3.60. The first-order valence-corrected chi connectivity index (χ1v) is 14.6. The molecule has 6 nitrogen and oxygen atoms in total. The van der Waals surface area contributed by atoms with Crippen LogP contribution >= 0.6 is 11.3 Å². The van der Waals surface area contributed by atoms with E-state index in [1.165, 1.54) is 21.4 Å². The molecule has 3 aliphatic rings. The summed E-state index contributed by atoms with van der Waals surface area (Å²) in [5.41, 5.74) is 1.68. The van der Waals surface area contributed by atoms with E-state index in [1.807, 2.05) is 17.4 Å². The van der Waals surface area contributed by atoms with Crippen LogP contribution < -0.4 is 4.72 Å². The molecule has 0 unspecified atom stereocenters. The van der Waals surface area contributed by atoms with Crippen LogP contribution in [0.5, 0.6) is 0 Å². The molecule has 1 aromatic carbocycles. The normalized spacial score (nSPS) is 29.4. The summed E-state index contributed by atoms with van der Waals surface area (Å²) in [6, 6.07) is 11.0. The summed E-state index contributed by atoms with van der Waals surface area (Å²) in [5, 5.41) is 9.04. The summed E-state index contributed by atoms with van der Waals surface area (Å²) in [5.74, 6) is 0.505. The SMILES string of the molecule is CCc1cc2c(s1)CCO[C@@]21CCN(CC2CC(NS(=O)(=O)c3cccc(C#N)c3)C2)[C@@H](C)C1. The van der Waals surface area contributed by atoms with Crippen LogP contribution in [-0.4, -0.2) is 45.1 Å². The number of piperidine rings is 1. The van der Waals surface area contributed by atoms with Crippen LogP contribution in [-0.2, 0) is 33.2 Å². The van der Waals surface area contributed by atoms with E-state index >= 15 is 0 Å². The van der Waals surface area contributed by atoms with Gasteiger partial charge in [0.2, 0.25) is 10.0 Å². The Bertz CT molecular complexity index is 1200. The summed E-state index contributed by atoms with van der Waals surface area (Å²) in [6.07, 6.45) is 5.90. The maximum atomic E-state index is 12.7. The van der Waals surface area contributed by atoms with Crippen molar-refractivity contribution in [1.29, 1.82) is 5.26 Å². The van der Waals surface area contributed by atoms with Gasteiger partial charge in [-0.1, -0.05) is 13.0 Å². The molecule has 3 heterocycles. The molecule has 182 valence electrons. The van der Waals surface area contributed by atoms with E-state index in [9.17, 15) is 8.42 Å². The number of likely N-dealkylation sites (tertiary alicyclic amines) is 1. The smallest absolute Gasteiger partial charge is 0.240 e. The van der Waals surface area contributed by atoms with E-state index in [2.05, 4.69) is 29.5 Å². The molecule has 2 atom stereocenters. The largest absolute Gasteiger partial charge is 0.370 e. The zero-order valence-corrected chi connectivity index (χ0v) is 21.6. The first-order valence-electron chi connectivity index (χ1n) is 12.3. The minimum absolute atomic E-state index is 0.0327. The third-order valence-corrected chi connectivity index (χ3v) is 10.6. The van der Waals surface area contributed by atoms with Crippen LogP contribution in [0.15, 0.2) is 35.2 Å². The average Bonchev–Trinajstić information content (AvgIpc) is 3.24. The van der Waals surface area contributed by atoms with Crippen molar-refractivity contribution >= 4 is 21.4 Å². The molecule has 2 aromatic rings. The van der Waals surface area contributed by atoms with E-state index in [1.54, 1.807) is 18.2 Å². The number of fused-ring (bicyclic) bond motifs is 2. The maximum Gasteiger partial charge on any atom is 0.240 e. The van der Waals surface area contributed by atoms with E-state index in [0.29, 0.717) is 17.5 Å². The van der Waals surface area contributed by atoms with Crippen LogP contribution in [0, 0.1) is 17.2 Å². The van der Waals surface area contributed by atoms with Crippen LogP contribution in [0.4, 0.5) is 0 Å². The number of nitrogens with one attached hydrogen (secondary N) is 1. The number of ether oxygens (including phenoxy) is 1. The number of benzene rings is 1. The zero-order chi connectivity index (χ0) is 23.9. The highest BCUT2D eigenvalue weighted by atomic mass is 32.2. The number of nitriles is 1. The molecule has 0 radical (unpaired) electrons. The predicted octanol–water partition coefficient (Wildman–Crippen LogP) is 4.19. The lowest BCUT2D eigenvalue weighted by atomic mass is 9.77. The quantitative estimate of drug-likeness (QED) is 0.644. The molecule has 2 fully saturated rings. The molecule has 1 saturated heterocycles. The summed E-state index contributed by atoms with van der Waals surface area (Å²) < 4.78 is 34.7. The molecule has 0 amide bonds. The molecule has 1 N–H and O–H groups in total. The van der Waals surface area contributed by atoms with Crippen LogP contribution in [0.3, 0.4) is 0 Å². The molecule has 5 rings (SSSR count). The average molecular weight is 500 g/mol. The Morgan fingerprint density at radius 1 is 1.32 bits per heavy atom. The van der Waals surface area contributed by atoms with Gasteiger partial charge in [0.05, 0.1) is 28.7 Å². The van der Waals surface area contributed by atoms with Gasteiger partial charge in [0.1, 0.15) is 0 Å². The first kappa shape index (κ1) is 24.0. The van der Waals surface area contributed by atoms with Crippen molar-refractivity contribution in [3.8, 4) is 6.07 Å². The van der Waals surface area contributed by atoms with Crippen LogP contribution in [0.2, 0.25) is 0 Å². The Balaban J connectivity index is 1.15. The third-order valence-electron chi connectivity index (χ3n) is 7.78. The van der Waals surface area contributed by atoms with Gasteiger partial charge < -0.3 is 9.64 Å². The highest BCUT2D eigenvalue weighted by molar-refractivity contribution is 7.89. The molecular weight excluding hydrogens is 466 g/mol. The van der Waals surface area contributed by atoms with Gasteiger partial charge in [-0.2, -0.15) is 5.26 Å². The summed E-state index contributed by atoms with van der Waals surface area (Å²) in [4.78, 5) is 5.73. The van der Waals surface area contributed by atoms with E-state index in [-0.39, 0.29) is 16.5 Å². The number of nitrogens with zero attached hydrogens (tertiary/aromatic N) is 2. The lowest BCUT2D eigenvalue weighted by Crippen LogP contribution is -2.54. The number of sulfonamides is 1. The Kier molecular flexibility index (Phi) is 6.60. The molecular formula is C26H33N3O3S2. The Morgan fingerprint density at radius 2 is 2.15 bits per heavy atom. The second-order valence-electron chi connectivity index (χ2n) is 10.1. The van der Waals surface area contributed by atoms with Gasteiger partial charge in [-0.25, -0.2) is 13.1 Å². The Labute approximate surface area is 207 Å².